The Morgan fingerprint density at radius 2 is 1.62 bits per heavy atom. The lowest BCUT2D eigenvalue weighted by atomic mass is 10.4. The van der Waals surface area contributed by atoms with Gasteiger partial charge in [0, 0.05) is 0 Å². The van der Waals surface area contributed by atoms with E-state index in [2.05, 4.69) is 19.7 Å². The monoisotopic (exact) mass is 118 g/mol. The second-order valence-corrected chi connectivity index (χ2v) is 0.976. The van der Waals surface area contributed by atoms with Gasteiger partial charge in [-0.3, -0.25) is 0 Å². The Morgan fingerprint density at radius 3 is 1.62 bits per heavy atom. The van der Waals surface area contributed by atoms with E-state index in [9.17, 15) is 0 Å². The van der Waals surface area contributed by atoms with Crippen molar-refractivity contribution in [3.05, 3.63) is 25.8 Å². The van der Waals surface area contributed by atoms with Crippen molar-refractivity contribution in [1.29, 1.82) is 0 Å². The summed E-state index contributed by atoms with van der Waals surface area (Å²) in [5, 5.41) is 8.24. The number of aliphatic hydroxyl groups is 1. The maximum Gasteiger partial charge on any atom is 0.0690 e. The van der Waals surface area contributed by atoms with Gasteiger partial charge in [0.05, 0.1) is 6.10 Å². The molecule has 2 heteroatoms. The summed E-state index contributed by atoms with van der Waals surface area (Å²) in [6, 6.07) is 0. The second-order valence-electron chi connectivity index (χ2n) is 0.976. The Hall–Kier alpha value is -0.600. The maximum absolute atomic E-state index is 8.24. The lowest BCUT2D eigenvalue weighted by Crippen LogP contribution is -1.88. The van der Waals surface area contributed by atoms with E-state index in [1.165, 1.54) is 6.08 Å². The highest BCUT2D eigenvalue weighted by Gasteiger charge is 1.75. The van der Waals surface area contributed by atoms with Crippen molar-refractivity contribution in [2.45, 2.75) is 13.0 Å². The van der Waals surface area contributed by atoms with Crippen LogP contribution in [-0.2, 0) is 0 Å². The summed E-state index contributed by atoms with van der Waals surface area (Å²) >= 11 is 0. The lowest BCUT2D eigenvalue weighted by Gasteiger charge is -1.84. The highest BCUT2D eigenvalue weighted by atomic mass is 16.3. The summed E-state index contributed by atoms with van der Waals surface area (Å²) in [5.41, 5.74) is 0. The molecule has 3 N–H and O–H groups in total. The number of hydrogen-bond donors (Lipinski definition) is 1. The zero-order valence-electron chi connectivity index (χ0n) is 5.22. The van der Waals surface area contributed by atoms with Gasteiger partial charge in [-0.25, -0.2) is 0 Å². The lowest BCUT2D eigenvalue weighted by molar-refractivity contribution is 0.244. The molecule has 0 amide bonds. The van der Waals surface area contributed by atoms with Crippen molar-refractivity contribution in [3.8, 4) is 0 Å². The van der Waals surface area contributed by atoms with Gasteiger partial charge in [0.25, 0.3) is 0 Å². The third-order valence-electron chi connectivity index (χ3n) is 0.341. The van der Waals surface area contributed by atoms with Crippen LogP contribution in [0.1, 0.15) is 6.92 Å². The Balaban J connectivity index is -0.0000000750. The van der Waals surface area contributed by atoms with Gasteiger partial charge in [0.15, 0.2) is 0 Å². The van der Waals surface area contributed by atoms with Crippen LogP contribution in [0.15, 0.2) is 25.8 Å². The zero-order chi connectivity index (χ0) is 6.28. The van der Waals surface area contributed by atoms with Crippen molar-refractivity contribution in [2.75, 3.05) is 0 Å². The standard InChI is InChI=1S/C4H8O.C2H4.H2O/c1-3-4(2)5;1-2;/h3-5H,1H2,2H3;1-2H2;1H2. The second kappa shape index (κ2) is 16.1. The number of hydrogen-bond acceptors (Lipinski definition) is 1. The van der Waals surface area contributed by atoms with Crippen LogP contribution in [0.25, 0.3) is 0 Å². The molecule has 0 fully saturated rings. The Labute approximate surface area is 50.5 Å². The third kappa shape index (κ3) is 53.3. The normalized spacial score (nSPS) is 9.25. The summed E-state index contributed by atoms with van der Waals surface area (Å²) in [7, 11) is 0. The van der Waals surface area contributed by atoms with Crippen molar-refractivity contribution in [1.82, 2.24) is 0 Å². The molecule has 0 aromatic carbocycles. The van der Waals surface area contributed by atoms with Crippen LogP contribution < -0.4 is 0 Å². The van der Waals surface area contributed by atoms with Crippen LogP contribution in [0, 0.1) is 0 Å². The topological polar surface area (TPSA) is 51.7 Å². The molecule has 0 heterocycles. The fourth-order valence-electron chi connectivity index (χ4n) is 0. The van der Waals surface area contributed by atoms with Crippen molar-refractivity contribution in [3.63, 3.8) is 0 Å². The summed E-state index contributed by atoms with van der Waals surface area (Å²) < 4.78 is 0. The Bertz CT molecular complexity index is 41.8. The molecule has 0 bridgehead atoms. The molecule has 0 spiro atoms. The number of aliphatic hydroxyl groups excluding tert-OH is 1. The van der Waals surface area contributed by atoms with Gasteiger partial charge in [0.1, 0.15) is 0 Å². The van der Waals surface area contributed by atoms with E-state index in [0.717, 1.165) is 0 Å². The molecule has 2 nitrogen and oxygen atoms in total. The maximum atomic E-state index is 8.24. The van der Waals surface area contributed by atoms with Crippen LogP contribution in [0.3, 0.4) is 0 Å². The molecule has 0 saturated heterocycles. The van der Waals surface area contributed by atoms with Crippen LogP contribution in [0.2, 0.25) is 0 Å². The minimum Gasteiger partial charge on any atom is -0.412 e. The minimum absolute atomic E-state index is 0. The van der Waals surface area contributed by atoms with Gasteiger partial charge in [-0.2, -0.15) is 0 Å². The summed E-state index contributed by atoms with van der Waals surface area (Å²) in [6.45, 7) is 11.0. The summed E-state index contributed by atoms with van der Waals surface area (Å²) in [4.78, 5) is 0. The third-order valence-corrected chi connectivity index (χ3v) is 0.341. The Kier molecular flexibility index (Phi) is 31.6. The fraction of sp³-hybridized carbons (Fsp3) is 0.333. The summed E-state index contributed by atoms with van der Waals surface area (Å²) in [5.74, 6) is 0. The van der Waals surface area contributed by atoms with Crippen LogP contribution in [0.5, 0.6) is 0 Å². The molecule has 0 aliphatic rings. The number of rotatable bonds is 1. The van der Waals surface area contributed by atoms with Crippen LogP contribution in [-0.4, -0.2) is 16.7 Å². The first-order chi connectivity index (χ1) is 3.27. The van der Waals surface area contributed by atoms with Gasteiger partial charge in [-0.1, -0.05) is 6.08 Å². The molecule has 1 unspecified atom stereocenters. The molecule has 0 aromatic rings. The molecular weight excluding hydrogens is 104 g/mol. The first kappa shape index (κ1) is 15.7. The van der Waals surface area contributed by atoms with E-state index >= 15 is 0 Å². The van der Waals surface area contributed by atoms with Gasteiger partial charge < -0.3 is 10.6 Å². The molecule has 50 valence electrons. The predicted octanol–water partition coefficient (Wildman–Crippen LogP) is 0.531. The molecule has 0 rings (SSSR count). The van der Waals surface area contributed by atoms with Gasteiger partial charge >= 0.3 is 0 Å². The van der Waals surface area contributed by atoms with Crippen molar-refractivity contribution < 1.29 is 10.6 Å². The SMILES string of the molecule is C=C.C=CC(C)O.O. The first-order valence-corrected chi connectivity index (χ1v) is 2.08. The predicted molar refractivity (Wildman–Crippen MR) is 36.7 cm³/mol. The molecule has 1 atom stereocenters. The molecular formula is C6H14O2. The highest BCUT2D eigenvalue weighted by molar-refractivity contribution is 4.72. The smallest absolute Gasteiger partial charge is 0.0690 e. The van der Waals surface area contributed by atoms with E-state index in [1.54, 1.807) is 6.92 Å². The fourth-order valence-corrected chi connectivity index (χ4v) is 0. The molecule has 0 aromatic heterocycles. The first-order valence-electron chi connectivity index (χ1n) is 2.08. The molecule has 0 saturated carbocycles. The van der Waals surface area contributed by atoms with Crippen LogP contribution >= 0.6 is 0 Å². The van der Waals surface area contributed by atoms with Crippen molar-refractivity contribution in [2.24, 2.45) is 0 Å². The largest absolute Gasteiger partial charge is 0.412 e. The summed E-state index contributed by atoms with van der Waals surface area (Å²) in [6.07, 6.45) is 1.12. The van der Waals surface area contributed by atoms with E-state index in [4.69, 9.17) is 5.11 Å². The van der Waals surface area contributed by atoms with Gasteiger partial charge in [-0.05, 0) is 6.92 Å². The molecule has 0 radical (unpaired) electrons. The highest BCUT2D eigenvalue weighted by Crippen LogP contribution is 1.73. The van der Waals surface area contributed by atoms with Crippen molar-refractivity contribution >= 4 is 0 Å². The van der Waals surface area contributed by atoms with Gasteiger partial charge in [0.2, 0.25) is 0 Å². The van der Waals surface area contributed by atoms with E-state index in [1.807, 2.05) is 0 Å². The molecule has 8 heavy (non-hydrogen) atoms. The van der Waals surface area contributed by atoms with Crippen LogP contribution in [0.4, 0.5) is 0 Å². The molecule has 0 aliphatic heterocycles. The zero-order valence-corrected chi connectivity index (χ0v) is 5.22. The minimum atomic E-state index is -0.352. The Morgan fingerprint density at radius 1 is 1.50 bits per heavy atom. The van der Waals surface area contributed by atoms with E-state index < -0.39 is 0 Å². The van der Waals surface area contributed by atoms with E-state index in [-0.39, 0.29) is 11.6 Å². The average molecular weight is 118 g/mol. The van der Waals surface area contributed by atoms with E-state index in [0.29, 0.717) is 0 Å². The average Bonchev–Trinajstić information content (AvgIpc) is 1.73. The quantitative estimate of drug-likeness (QED) is 0.502. The molecule has 0 aliphatic carbocycles. The van der Waals surface area contributed by atoms with Gasteiger partial charge in [-0.15, -0.1) is 19.7 Å².